The van der Waals surface area contributed by atoms with Crippen molar-refractivity contribution in [2.24, 2.45) is 0 Å². The molecule has 0 N–H and O–H groups in total. The number of nitro groups is 1. The number of hydrogen-bond acceptors (Lipinski definition) is 3. The van der Waals surface area contributed by atoms with Gasteiger partial charge in [-0.1, -0.05) is 0 Å². The quantitative estimate of drug-likeness (QED) is 0.421. The maximum absolute atomic E-state index is 10.4. The number of halogens is 1. The summed E-state index contributed by atoms with van der Waals surface area (Å²) in [6.45, 7) is 0. The number of nitrogens with zero attached hydrogens (tertiary/aromatic N) is 2. The molecule has 1 aromatic rings. The van der Waals surface area contributed by atoms with Crippen molar-refractivity contribution in [1.82, 2.24) is 4.90 Å². The molecule has 0 aromatic heterocycles. The van der Waals surface area contributed by atoms with Crippen LogP contribution in [0.4, 0.5) is 5.69 Å². The second-order valence-corrected chi connectivity index (χ2v) is 5.77. The fraction of sp³-hybridized carbons (Fsp3) is 0.333. The predicted molar refractivity (Wildman–Crippen MR) is 65.8 cm³/mol. The summed E-state index contributed by atoms with van der Waals surface area (Å²) in [7, 11) is 6.00. The fourth-order valence-corrected chi connectivity index (χ4v) is 1.67. The van der Waals surface area contributed by atoms with Gasteiger partial charge in [-0.3, -0.25) is 0 Å². The van der Waals surface area contributed by atoms with Crippen molar-refractivity contribution in [3.8, 4) is 0 Å². The molecule has 0 aliphatic heterocycles. The van der Waals surface area contributed by atoms with Crippen molar-refractivity contribution in [2.45, 2.75) is 0 Å². The molecule has 0 heterocycles. The Bertz CT molecular complexity index is 342. The van der Waals surface area contributed by atoms with Gasteiger partial charge in [0.05, 0.1) is 0 Å². The van der Waals surface area contributed by atoms with Crippen molar-refractivity contribution >= 4 is 47.7 Å². The first-order valence-electron chi connectivity index (χ1n) is 4.11. The Morgan fingerprint density at radius 3 is 2.20 bits per heavy atom. The molecule has 0 aliphatic carbocycles. The van der Waals surface area contributed by atoms with Gasteiger partial charge in [0.15, 0.2) is 0 Å². The van der Waals surface area contributed by atoms with E-state index in [1.54, 1.807) is 12.1 Å². The second-order valence-electron chi connectivity index (χ2n) is 3.26. The molecule has 0 fully saturated rings. The Kier molecular flexibility index (Phi) is 7.12. The van der Waals surface area contributed by atoms with Crippen LogP contribution in [0.5, 0.6) is 0 Å². The van der Waals surface area contributed by atoms with Crippen LogP contribution in [0.3, 0.4) is 0 Å². The van der Waals surface area contributed by atoms with Gasteiger partial charge in [0.25, 0.3) is 0 Å². The molecular formula is C9H12BrN2O2Sn. The molecule has 0 saturated carbocycles. The molecular weight excluding hydrogens is 367 g/mol. The van der Waals surface area contributed by atoms with E-state index < -0.39 is 4.92 Å². The van der Waals surface area contributed by atoms with Gasteiger partial charge < -0.3 is 4.90 Å². The molecule has 0 unspecified atom stereocenters. The third-order valence-electron chi connectivity index (χ3n) is 1.14. The van der Waals surface area contributed by atoms with E-state index in [0.717, 1.165) is 3.58 Å². The van der Waals surface area contributed by atoms with Crippen molar-refractivity contribution in [3.63, 3.8) is 0 Å². The molecule has 0 amide bonds. The van der Waals surface area contributed by atoms with Gasteiger partial charge in [0.2, 0.25) is 0 Å². The summed E-state index contributed by atoms with van der Waals surface area (Å²) in [5, 5.41) is 10.4. The fourth-order valence-electron chi connectivity index (χ4n) is 0.653. The van der Waals surface area contributed by atoms with Crippen LogP contribution in [0, 0.1) is 10.1 Å². The molecule has 1 rings (SSSR count). The molecule has 1 aromatic carbocycles. The molecule has 0 saturated heterocycles. The second kappa shape index (κ2) is 7.18. The molecule has 0 aliphatic rings. The molecule has 81 valence electrons. The van der Waals surface area contributed by atoms with E-state index in [-0.39, 0.29) is 5.69 Å². The first kappa shape index (κ1) is 14.9. The van der Waals surface area contributed by atoms with Crippen molar-refractivity contribution in [1.29, 1.82) is 0 Å². The summed E-state index contributed by atoms with van der Waals surface area (Å²) in [6, 6.07) is 5.12. The zero-order valence-electron chi connectivity index (χ0n) is 8.82. The van der Waals surface area contributed by atoms with Crippen LogP contribution in [-0.4, -0.2) is 53.5 Å². The number of rotatable bonds is 1. The van der Waals surface area contributed by atoms with Crippen LogP contribution in [0.2, 0.25) is 0 Å². The molecule has 4 nitrogen and oxygen atoms in total. The minimum absolute atomic E-state index is 0.138. The Morgan fingerprint density at radius 1 is 1.40 bits per heavy atom. The van der Waals surface area contributed by atoms with Crippen molar-refractivity contribution in [2.75, 3.05) is 21.1 Å². The topological polar surface area (TPSA) is 46.4 Å². The van der Waals surface area contributed by atoms with Crippen LogP contribution in [0.25, 0.3) is 0 Å². The number of nitro benzene ring substituents is 1. The summed E-state index contributed by atoms with van der Waals surface area (Å²) in [5.41, 5.74) is 0.138. The van der Waals surface area contributed by atoms with Crippen LogP contribution in [0.15, 0.2) is 22.7 Å². The molecule has 0 atom stereocenters. The van der Waals surface area contributed by atoms with Crippen LogP contribution in [-0.2, 0) is 0 Å². The number of hydrogen-bond donors (Lipinski definition) is 0. The Hall–Kier alpha value is -0.141. The average molecular weight is 379 g/mol. The van der Waals surface area contributed by atoms with E-state index in [4.69, 9.17) is 0 Å². The van der Waals surface area contributed by atoms with E-state index in [1.807, 2.05) is 32.1 Å². The average Bonchev–Trinajstić information content (AvgIpc) is 2.08. The van der Waals surface area contributed by atoms with E-state index in [1.165, 1.54) is 22.5 Å². The van der Waals surface area contributed by atoms with Crippen molar-refractivity contribution in [3.05, 3.63) is 32.8 Å². The van der Waals surface area contributed by atoms with E-state index >= 15 is 0 Å². The normalized spacial score (nSPS) is 9.47. The van der Waals surface area contributed by atoms with E-state index in [0.29, 0.717) is 4.47 Å². The Labute approximate surface area is 111 Å². The molecule has 0 spiro atoms. The Balaban J connectivity index is 0.000000423. The predicted octanol–water partition coefficient (Wildman–Crippen LogP) is 1.33. The van der Waals surface area contributed by atoms with Crippen LogP contribution < -0.4 is 3.58 Å². The van der Waals surface area contributed by atoms with Gasteiger partial charge in [0, 0.05) is 0 Å². The monoisotopic (exact) mass is 379 g/mol. The van der Waals surface area contributed by atoms with Gasteiger partial charge in [0.1, 0.15) is 0 Å². The van der Waals surface area contributed by atoms with E-state index in [2.05, 4.69) is 15.9 Å². The van der Waals surface area contributed by atoms with Gasteiger partial charge in [-0.05, 0) is 21.1 Å². The Morgan fingerprint density at radius 2 is 1.87 bits per heavy atom. The summed E-state index contributed by atoms with van der Waals surface area (Å²) < 4.78 is 1.51. The number of benzene rings is 1. The minimum atomic E-state index is -0.391. The summed E-state index contributed by atoms with van der Waals surface area (Å²) >= 11 is 4.28. The first-order chi connectivity index (χ1) is 6.84. The third kappa shape index (κ3) is 6.86. The van der Waals surface area contributed by atoms with Gasteiger partial charge in [-0.25, -0.2) is 0 Å². The molecule has 3 radical (unpaired) electrons. The van der Waals surface area contributed by atoms with E-state index in [9.17, 15) is 10.1 Å². The van der Waals surface area contributed by atoms with Gasteiger partial charge >= 0.3 is 85.4 Å². The van der Waals surface area contributed by atoms with Gasteiger partial charge in [-0.15, -0.1) is 0 Å². The zero-order chi connectivity index (χ0) is 12.0. The SMILES string of the molecule is CN(C)C.O=[N+]([O-])c1c[c]([Sn])ccc1Br. The standard InChI is InChI=1S/C6H3BrNO2.C3H9N.Sn/c7-5-3-1-2-4-6(5)8(9)10;1-4(2)3;/h1,3-4H;1-3H3;. The van der Waals surface area contributed by atoms with Crippen molar-refractivity contribution < 1.29 is 4.92 Å². The van der Waals surface area contributed by atoms with Crippen LogP contribution in [0.1, 0.15) is 0 Å². The van der Waals surface area contributed by atoms with Crippen LogP contribution >= 0.6 is 15.9 Å². The zero-order valence-corrected chi connectivity index (χ0v) is 13.3. The van der Waals surface area contributed by atoms with Gasteiger partial charge in [-0.2, -0.15) is 0 Å². The third-order valence-corrected chi connectivity index (χ3v) is 2.70. The summed E-state index contributed by atoms with van der Waals surface area (Å²) in [5.74, 6) is 0. The molecule has 0 bridgehead atoms. The maximum atomic E-state index is 10.4. The summed E-state index contributed by atoms with van der Waals surface area (Å²) in [4.78, 5) is 12.0. The summed E-state index contributed by atoms with van der Waals surface area (Å²) in [6.07, 6.45) is 0. The first-order valence-corrected chi connectivity index (χ1v) is 6.33. The molecule has 6 heteroatoms. The molecule has 15 heavy (non-hydrogen) atoms.